The lowest BCUT2D eigenvalue weighted by Gasteiger charge is -2.29. The van der Waals surface area contributed by atoms with Crippen LogP contribution in [-0.4, -0.2) is 30.1 Å². The minimum atomic E-state index is -0.756. The number of dihydropyridines is 1. The number of ether oxygens (including phenoxy) is 2. The molecule has 0 saturated heterocycles. The summed E-state index contributed by atoms with van der Waals surface area (Å²) >= 11 is 0. The number of nitrogens with zero attached hydrogens (tertiary/aromatic N) is 1. The number of pyridine rings is 1. The van der Waals surface area contributed by atoms with Gasteiger partial charge in [0.15, 0.2) is 13.2 Å². The maximum Gasteiger partial charge on any atom is 0.337 e. The highest BCUT2D eigenvalue weighted by Crippen LogP contribution is 2.38. The zero-order chi connectivity index (χ0) is 19.1. The van der Waals surface area contributed by atoms with Crippen molar-refractivity contribution in [3.8, 4) is 24.7 Å². The second kappa shape index (κ2) is 8.55. The van der Waals surface area contributed by atoms with Crippen molar-refractivity contribution in [1.82, 2.24) is 10.3 Å². The van der Waals surface area contributed by atoms with E-state index >= 15 is 0 Å². The Labute approximate surface area is 152 Å². The van der Waals surface area contributed by atoms with Crippen LogP contribution in [0, 0.1) is 24.7 Å². The van der Waals surface area contributed by atoms with Gasteiger partial charge in [0.2, 0.25) is 0 Å². The molecule has 26 heavy (non-hydrogen) atoms. The summed E-state index contributed by atoms with van der Waals surface area (Å²) in [6.07, 6.45) is 11.9. The smallest absolute Gasteiger partial charge is 0.337 e. The van der Waals surface area contributed by atoms with Gasteiger partial charge in [-0.05, 0) is 26.0 Å². The molecule has 132 valence electrons. The highest BCUT2D eigenvalue weighted by molar-refractivity contribution is 5.99. The van der Waals surface area contributed by atoms with Crippen molar-refractivity contribution in [3.05, 3.63) is 52.6 Å². The van der Waals surface area contributed by atoms with Crippen LogP contribution in [-0.2, 0) is 19.1 Å². The van der Waals surface area contributed by atoms with Gasteiger partial charge in [-0.3, -0.25) is 4.98 Å². The highest BCUT2D eigenvalue weighted by atomic mass is 16.5. The van der Waals surface area contributed by atoms with Crippen molar-refractivity contribution in [3.63, 3.8) is 0 Å². The minimum absolute atomic E-state index is 0.176. The Bertz CT molecular complexity index is 802. The molecule has 0 aromatic carbocycles. The van der Waals surface area contributed by atoms with Crippen molar-refractivity contribution in [2.24, 2.45) is 0 Å². The van der Waals surface area contributed by atoms with E-state index in [0.717, 1.165) is 0 Å². The summed E-state index contributed by atoms with van der Waals surface area (Å²) in [7, 11) is 0. The number of rotatable bonds is 5. The average molecular weight is 350 g/mol. The Morgan fingerprint density at radius 2 is 1.62 bits per heavy atom. The van der Waals surface area contributed by atoms with E-state index in [2.05, 4.69) is 22.1 Å². The van der Waals surface area contributed by atoms with Gasteiger partial charge in [0.1, 0.15) is 0 Å². The molecule has 0 atom stereocenters. The van der Waals surface area contributed by atoms with Crippen molar-refractivity contribution < 1.29 is 19.1 Å². The predicted octanol–water partition coefficient (Wildman–Crippen LogP) is 1.67. The molecule has 1 aromatic rings. The van der Waals surface area contributed by atoms with Gasteiger partial charge < -0.3 is 14.8 Å². The van der Waals surface area contributed by atoms with Crippen LogP contribution < -0.4 is 5.32 Å². The number of carbonyl (C=O) groups is 2. The molecule has 1 aliphatic rings. The molecule has 0 spiro atoms. The van der Waals surface area contributed by atoms with E-state index < -0.39 is 17.9 Å². The SMILES string of the molecule is C#CCOC(=O)C1=C(C)NC(C)=C(C(=O)OCC#C)C1c1ccccn1. The Balaban J connectivity index is 2.55. The van der Waals surface area contributed by atoms with Crippen LogP contribution in [0.5, 0.6) is 0 Å². The Hall–Kier alpha value is -3.51. The van der Waals surface area contributed by atoms with Crippen LogP contribution >= 0.6 is 0 Å². The largest absolute Gasteiger partial charge is 0.449 e. The molecule has 1 aromatic heterocycles. The molecule has 6 heteroatoms. The van der Waals surface area contributed by atoms with E-state index in [4.69, 9.17) is 22.3 Å². The lowest BCUT2D eigenvalue weighted by molar-refractivity contribution is -0.138. The van der Waals surface area contributed by atoms with Gasteiger partial charge in [0.25, 0.3) is 0 Å². The van der Waals surface area contributed by atoms with Crippen LogP contribution in [0.2, 0.25) is 0 Å². The van der Waals surface area contributed by atoms with Crippen LogP contribution in [0.15, 0.2) is 46.9 Å². The number of nitrogens with one attached hydrogen (secondary N) is 1. The number of hydrogen-bond acceptors (Lipinski definition) is 6. The molecule has 1 aliphatic heterocycles. The maximum atomic E-state index is 12.6. The van der Waals surface area contributed by atoms with E-state index in [-0.39, 0.29) is 24.4 Å². The first kappa shape index (κ1) is 18.8. The molecule has 0 fully saturated rings. The summed E-state index contributed by atoms with van der Waals surface area (Å²) in [5.41, 5.74) is 2.10. The molecule has 0 radical (unpaired) electrons. The average Bonchev–Trinajstić information content (AvgIpc) is 2.64. The molecule has 0 unspecified atom stereocenters. The number of hydrogen-bond donors (Lipinski definition) is 1. The number of aromatic nitrogens is 1. The van der Waals surface area contributed by atoms with Crippen molar-refractivity contribution in [2.45, 2.75) is 19.8 Å². The van der Waals surface area contributed by atoms with Crippen molar-refractivity contribution in [2.75, 3.05) is 13.2 Å². The molecule has 2 rings (SSSR count). The molecule has 0 saturated carbocycles. The van der Waals surface area contributed by atoms with E-state index in [0.29, 0.717) is 17.1 Å². The lowest BCUT2D eigenvalue weighted by atomic mass is 9.83. The molecular formula is C20H18N2O4. The van der Waals surface area contributed by atoms with Gasteiger partial charge in [-0.25, -0.2) is 9.59 Å². The number of terminal acetylenes is 2. The Morgan fingerprint density at radius 1 is 1.08 bits per heavy atom. The molecule has 0 bridgehead atoms. The normalized spacial score (nSPS) is 14.2. The van der Waals surface area contributed by atoms with Gasteiger partial charge in [0, 0.05) is 17.6 Å². The van der Waals surface area contributed by atoms with E-state index in [9.17, 15) is 9.59 Å². The topological polar surface area (TPSA) is 77.5 Å². The van der Waals surface area contributed by atoms with Crippen LogP contribution in [0.3, 0.4) is 0 Å². The van der Waals surface area contributed by atoms with Crippen LogP contribution in [0.4, 0.5) is 0 Å². The second-order valence-corrected chi connectivity index (χ2v) is 5.45. The molecule has 0 amide bonds. The zero-order valence-corrected chi connectivity index (χ0v) is 14.5. The molecule has 2 heterocycles. The molecule has 0 aliphatic carbocycles. The lowest BCUT2D eigenvalue weighted by Crippen LogP contribution is -2.33. The van der Waals surface area contributed by atoms with Gasteiger partial charge in [-0.15, -0.1) is 12.8 Å². The summed E-state index contributed by atoms with van der Waals surface area (Å²) in [5.74, 6) is 2.49. The summed E-state index contributed by atoms with van der Waals surface area (Å²) < 4.78 is 10.2. The van der Waals surface area contributed by atoms with Crippen LogP contribution in [0.25, 0.3) is 0 Å². The first-order valence-corrected chi connectivity index (χ1v) is 7.81. The van der Waals surface area contributed by atoms with Crippen molar-refractivity contribution >= 4 is 11.9 Å². The molecule has 6 nitrogen and oxygen atoms in total. The van der Waals surface area contributed by atoms with Gasteiger partial charge in [0.05, 0.1) is 22.8 Å². The van der Waals surface area contributed by atoms with E-state index in [1.54, 1.807) is 38.2 Å². The third kappa shape index (κ3) is 3.93. The fraction of sp³-hybridized carbons (Fsp3) is 0.250. The first-order valence-electron chi connectivity index (χ1n) is 7.81. The first-order chi connectivity index (χ1) is 12.5. The fourth-order valence-corrected chi connectivity index (χ4v) is 2.75. The number of carbonyl (C=O) groups excluding carboxylic acids is 2. The quantitative estimate of drug-likeness (QED) is 0.643. The summed E-state index contributed by atoms with van der Waals surface area (Å²) in [6.45, 7) is 3.08. The van der Waals surface area contributed by atoms with Crippen molar-refractivity contribution in [1.29, 1.82) is 0 Å². The monoisotopic (exact) mass is 350 g/mol. The third-order valence-corrected chi connectivity index (χ3v) is 3.76. The standard InChI is InChI=1S/C20H18N2O4/c1-5-11-25-19(23)16-13(3)22-14(4)17(20(24)26-12-6-2)18(16)15-9-7-8-10-21-15/h1-2,7-10,18,22H,11-12H2,3-4H3. The van der Waals surface area contributed by atoms with Gasteiger partial charge in [-0.1, -0.05) is 17.9 Å². The van der Waals surface area contributed by atoms with Gasteiger partial charge in [-0.2, -0.15) is 0 Å². The predicted molar refractivity (Wildman–Crippen MR) is 95.1 cm³/mol. The number of esters is 2. The summed E-state index contributed by atoms with van der Waals surface area (Å²) in [4.78, 5) is 29.5. The van der Waals surface area contributed by atoms with Gasteiger partial charge >= 0.3 is 11.9 Å². The number of allylic oxidation sites excluding steroid dienone is 2. The Morgan fingerprint density at radius 3 is 2.04 bits per heavy atom. The summed E-state index contributed by atoms with van der Waals surface area (Å²) in [6, 6.07) is 5.23. The zero-order valence-electron chi connectivity index (χ0n) is 14.5. The van der Waals surface area contributed by atoms with E-state index in [1.807, 2.05) is 0 Å². The van der Waals surface area contributed by atoms with Crippen LogP contribution in [0.1, 0.15) is 25.5 Å². The second-order valence-electron chi connectivity index (χ2n) is 5.45. The maximum absolute atomic E-state index is 12.6. The van der Waals surface area contributed by atoms with E-state index in [1.165, 1.54) is 0 Å². The Kier molecular flexibility index (Phi) is 6.19. The fourth-order valence-electron chi connectivity index (χ4n) is 2.75. The third-order valence-electron chi connectivity index (χ3n) is 3.76. The highest BCUT2D eigenvalue weighted by Gasteiger charge is 2.38. The molecular weight excluding hydrogens is 332 g/mol. The minimum Gasteiger partial charge on any atom is -0.449 e. The molecule has 1 N–H and O–H groups in total. The summed E-state index contributed by atoms with van der Waals surface area (Å²) in [5, 5.41) is 3.02.